The van der Waals surface area contributed by atoms with Gasteiger partial charge < -0.3 is 24.6 Å². The molecule has 3 rings (SSSR count). The molecule has 0 atom stereocenters. The van der Waals surface area contributed by atoms with Crippen molar-refractivity contribution in [3.05, 3.63) is 53.6 Å². The molecule has 0 bridgehead atoms. The molecule has 1 N–H and O–H groups in total. The minimum atomic E-state index is -0.344. The Hall–Kier alpha value is -3.73. The van der Waals surface area contributed by atoms with Gasteiger partial charge in [0.05, 0.1) is 32.4 Å². The van der Waals surface area contributed by atoms with Gasteiger partial charge in [-0.3, -0.25) is 9.59 Å². The summed E-state index contributed by atoms with van der Waals surface area (Å²) < 4.78 is 10.4. The number of hydrogen-bond acceptors (Lipinski definition) is 6. The van der Waals surface area contributed by atoms with E-state index in [9.17, 15) is 9.59 Å². The first kappa shape index (κ1) is 22.0. The first-order valence-corrected chi connectivity index (χ1v) is 10.1. The van der Waals surface area contributed by atoms with E-state index in [0.29, 0.717) is 42.3 Å². The first-order valence-electron chi connectivity index (χ1n) is 10.1. The van der Waals surface area contributed by atoms with E-state index in [-0.39, 0.29) is 18.4 Å². The van der Waals surface area contributed by atoms with Crippen LogP contribution in [0.15, 0.2) is 42.5 Å². The lowest BCUT2D eigenvalue weighted by Crippen LogP contribution is -2.42. The van der Waals surface area contributed by atoms with Gasteiger partial charge in [-0.15, -0.1) is 0 Å². The lowest BCUT2D eigenvalue weighted by Gasteiger charge is -2.24. The highest BCUT2D eigenvalue weighted by atomic mass is 16.5. The van der Waals surface area contributed by atoms with Crippen LogP contribution in [0, 0.1) is 11.3 Å². The molecule has 0 aliphatic carbocycles. The number of hydrogen-bond donors (Lipinski definition) is 1. The number of ether oxygens (including phenoxy) is 2. The molecular formula is C23H26N4O4. The molecule has 1 aliphatic rings. The molecular weight excluding hydrogens is 396 g/mol. The Labute approximate surface area is 182 Å². The van der Waals surface area contributed by atoms with Crippen molar-refractivity contribution in [2.45, 2.75) is 6.42 Å². The number of nitriles is 1. The lowest BCUT2D eigenvalue weighted by atomic mass is 10.2. The van der Waals surface area contributed by atoms with Crippen molar-refractivity contribution >= 4 is 17.5 Å². The van der Waals surface area contributed by atoms with Gasteiger partial charge in [0.2, 0.25) is 5.91 Å². The van der Waals surface area contributed by atoms with E-state index in [1.165, 1.54) is 14.2 Å². The zero-order valence-electron chi connectivity index (χ0n) is 17.8. The Bertz CT molecular complexity index is 969. The average Bonchev–Trinajstić information content (AvgIpc) is 3.08. The summed E-state index contributed by atoms with van der Waals surface area (Å²) in [7, 11) is 3.03. The quantitative estimate of drug-likeness (QED) is 0.766. The second-order valence-corrected chi connectivity index (χ2v) is 7.13. The highest BCUT2D eigenvalue weighted by Crippen LogP contribution is 2.27. The molecule has 1 saturated heterocycles. The highest BCUT2D eigenvalue weighted by Gasteiger charge is 2.20. The summed E-state index contributed by atoms with van der Waals surface area (Å²) in [5.41, 5.74) is 2.06. The van der Waals surface area contributed by atoms with Crippen LogP contribution in [0.2, 0.25) is 0 Å². The Balaban J connectivity index is 1.53. The topological polar surface area (TPSA) is 94.9 Å². The molecule has 2 aromatic rings. The second kappa shape index (κ2) is 10.3. The maximum absolute atomic E-state index is 12.6. The Morgan fingerprint density at radius 2 is 1.74 bits per heavy atom. The average molecular weight is 422 g/mol. The van der Waals surface area contributed by atoms with Crippen LogP contribution in [0.1, 0.15) is 22.3 Å². The molecule has 1 fully saturated rings. The predicted octanol–water partition coefficient (Wildman–Crippen LogP) is 2.04. The van der Waals surface area contributed by atoms with Gasteiger partial charge in [0.25, 0.3) is 5.91 Å². The molecule has 31 heavy (non-hydrogen) atoms. The third-order valence-corrected chi connectivity index (χ3v) is 5.26. The molecule has 2 aromatic carbocycles. The summed E-state index contributed by atoms with van der Waals surface area (Å²) in [5.74, 6) is 0.530. The summed E-state index contributed by atoms with van der Waals surface area (Å²) in [6.45, 7) is 2.67. The van der Waals surface area contributed by atoms with Crippen molar-refractivity contribution in [2.75, 3.05) is 51.8 Å². The fourth-order valence-corrected chi connectivity index (χ4v) is 3.52. The van der Waals surface area contributed by atoms with Crippen LogP contribution in [0.3, 0.4) is 0 Å². The number of rotatable bonds is 6. The third kappa shape index (κ3) is 5.45. The number of carbonyl (C=O) groups is 2. The fraction of sp³-hybridized carbons (Fsp3) is 0.348. The largest absolute Gasteiger partial charge is 0.493 e. The zero-order chi connectivity index (χ0) is 22.2. The van der Waals surface area contributed by atoms with Crippen LogP contribution < -0.4 is 19.7 Å². The molecule has 0 aromatic heterocycles. The predicted molar refractivity (Wildman–Crippen MR) is 116 cm³/mol. The summed E-state index contributed by atoms with van der Waals surface area (Å²) in [4.78, 5) is 29.1. The normalized spacial score (nSPS) is 13.7. The van der Waals surface area contributed by atoms with E-state index in [4.69, 9.17) is 14.7 Å². The monoisotopic (exact) mass is 422 g/mol. The number of methoxy groups -OCH3 is 2. The van der Waals surface area contributed by atoms with Crippen LogP contribution in [0.5, 0.6) is 11.5 Å². The van der Waals surface area contributed by atoms with Crippen molar-refractivity contribution in [2.24, 2.45) is 0 Å². The molecule has 0 unspecified atom stereocenters. The minimum absolute atomic E-state index is 0.0654. The maximum Gasteiger partial charge on any atom is 0.251 e. The van der Waals surface area contributed by atoms with E-state index in [1.807, 2.05) is 12.1 Å². The third-order valence-electron chi connectivity index (χ3n) is 5.26. The Kier molecular flexibility index (Phi) is 7.33. The van der Waals surface area contributed by atoms with Crippen molar-refractivity contribution in [1.29, 1.82) is 5.26 Å². The first-order chi connectivity index (χ1) is 15.0. The number of nitrogens with zero attached hydrogens (tertiary/aromatic N) is 3. The van der Waals surface area contributed by atoms with E-state index < -0.39 is 0 Å². The molecule has 0 saturated carbocycles. The van der Waals surface area contributed by atoms with Crippen LogP contribution in [0.4, 0.5) is 5.69 Å². The maximum atomic E-state index is 12.6. The summed E-state index contributed by atoms with van der Waals surface area (Å²) >= 11 is 0. The smallest absolute Gasteiger partial charge is 0.251 e. The Morgan fingerprint density at radius 1 is 1.00 bits per heavy atom. The van der Waals surface area contributed by atoms with Gasteiger partial charge in [-0.05, 0) is 48.9 Å². The van der Waals surface area contributed by atoms with Crippen LogP contribution >= 0.6 is 0 Å². The standard InChI is InChI=1S/C23H26N4O4/c1-30-20-9-6-18(14-21(20)31-2)23(29)25-16-22(28)27-11-3-10-26(12-13-27)19-7-4-17(15-24)5-8-19/h4-9,14H,3,10-13,16H2,1-2H3,(H,25,29). The van der Waals surface area contributed by atoms with Crippen LogP contribution in [0.25, 0.3) is 0 Å². The minimum Gasteiger partial charge on any atom is -0.493 e. The summed E-state index contributed by atoms with van der Waals surface area (Å²) in [6, 6.07) is 14.4. The van der Waals surface area contributed by atoms with Crippen LogP contribution in [-0.2, 0) is 4.79 Å². The number of amides is 2. The number of anilines is 1. The van der Waals surface area contributed by atoms with Gasteiger partial charge >= 0.3 is 0 Å². The summed E-state index contributed by atoms with van der Waals surface area (Å²) in [5, 5.41) is 11.6. The van der Waals surface area contributed by atoms with Crippen molar-refractivity contribution in [1.82, 2.24) is 10.2 Å². The van der Waals surface area contributed by atoms with Crippen molar-refractivity contribution in [3.8, 4) is 17.6 Å². The highest BCUT2D eigenvalue weighted by molar-refractivity contribution is 5.97. The number of carbonyl (C=O) groups excluding carboxylic acids is 2. The van der Waals surface area contributed by atoms with Gasteiger partial charge in [-0.2, -0.15) is 5.26 Å². The van der Waals surface area contributed by atoms with E-state index in [1.54, 1.807) is 35.2 Å². The number of benzene rings is 2. The molecule has 2 amide bonds. The van der Waals surface area contributed by atoms with E-state index >= 15 is 0 Å². The molecule has 1 heterocycles. The zero-order valence-corrected chi connectivity index (χ0v) is 17.8. The molecule has 0 spiro atoms. The van der Waals surface area contributed by atoms with Gasteiger partial charge in [0.1, 0.15) is 0 Å². The van der Waals surface area contributed by atoms with Crippen LogP contribution in [-0.4, -0.2) is 63.7 Å². The lowest BCUT2D eigenvalue weighted by molar-refractivity contribution is -0.129. The van der Waals surface area contributed by atoms with Gasteiger partial charge in [-0.25, -0.2) is 0 Å². The van der Waals surface area contributed by atoms with Gasteiger partial charge in [0.15, 0.2) is 11.5 Å². The molecule has 0 radical (unpaired) electrons. The van der Waals surface area contributed by atoms with E-state index in [0.717, 1.165) is 18.7 Å². The summed E-state index contributed by atoms with van der Waals surface area (Å²) in [6.07, 6.45) is 0.829. The van der Waals surface area contributed by atoms with Crippen molar-refractivity contribution in [3.63, 3.8) is 0 Å². The molecule has 162 valence electrons. The molecule has 1 aliphatic heterocycles. The van der Waals surface area contributed by atoms with Gasteiger partial charge in [0, 0.05) is 37.4 Å². The van der Waals surface area contributed by atoms with Gasteiger partial charge in [-0.1, -0.05) is 0 Å². The van der Waals surface area contributed by atoms with Crippen molar-refractivity contribution < 1.29 is 19.1 Å². The molecule has 8 nitrogen and oxygen atoms in total. The SMILES string of the molecule is COc1ccc(C(=O)NCC(=O)N2CCCN(c3ccc(C#N)cc3)CC2)cc1OC. The second-order valence-electron chi connectivity index (χ2n) is 7.13. The molecule has 8 heteroatoms. The Morgan fingerprint density at radius 3 is 2.42 bits per heavy atom. The fourth-order valence-electron chi connectivity index (χ4n) is 3.52. The van der Waals surface area contributed by atoms with E-state index in [2.05, 4.69) is 16.3 Å². The number of nitrogens with one attached hydrogen (secondary N) is 1.